The third-order valence-corrected chi connectivity index (χ3v) is 4.14. The molecular weight excluding hydrogens is 252 g/mol. The van der Waals surface area contributed by atoms with Crippen molar-refractivity contribution in [3.8, 4) is 5.75 Å². The van der Waals surface area contributed by atoms with Crippen molar-refractivity contribution in [1.29, 1.82) is 0 Å². The molecule has 2 aromatic heterocycles. The molecule has 2 aromatic rings. The maximum Gasteiger partial charge on any atom is 0.161 e. The van der Waals surface area contributed by atoms with Crippen LogP contribution in [0, 0.1) is 0 Å². The molecule has 1 saturated heterocycles. The first-order valence-electron chi connectivity index (χ1n) is 7.35. The van der Waals surface area contributed by atoms with E-state index < -0.39 is 0 Å². The highest BCUT2D eigenvalue weighted by molar-refractivity contribution is 5.41. The van der Waals surface area contributed by atoms with E-state index in [4.69, 9.17) is 4.74 Å². The van der Waals surface area contributed by atoms with E-state index in [0.717, 1.165) is 30.2 Å². The van der Waals surface area contributed by atoms with E-state index in [9.17, 15) is 0 Å². The van der Waals surface area contributed by atoms with Gasteiger partial charge in [-0.25, -0.2) is 0 Å². The molecule has 0 radical (unpaired) electrons. The first-order valence-corrected chi connectivity index (χ1v) is 7.35. The summed E-state index contributed by atoms with van der Waals surface area (Å²) in [7, 11) is 1.69. The summed E-state index contributed by atoms with van der Waals surface area (Å²) in [4.78, 5) is 2.53. The first kappa shape index (κ1) is 13.4. The molecule has 1 unspecified atom stereocenters. The van der Waals surface area contributed by atoms with Crippen LogP contribution in [-0.4, -0.2) is 39.2 Å². The molecule has 0 aromatic carbocycles. The van der Waals surface area contributed by atoms with Crippen molar-refractivity contribution in [2.45, 2.75) is 45.2 Å². The number of hydrogen-bond acceptors (Lipinski definition) is 4. The number of likely N-dealkylation sites (tertiary alicyclic amines) is 1. The number of aromatic nitrogens is 3. The van der Waals surface area contributed by atoms with Crippen molar-refractivity contribution in [3.05, 3.63) is 24.2 Å². The number of fused-ring (bicyclic) bond motifs is 1. The Labute approximate surface area is 119 Å². The summed E-state index contributed by atoms with van der Waals surface area (Å²) in [5.41, 5.74) is 0.884. The lowest BCUT2D eigenvalue weighted by molar-refractivity contribution is 0.105. The summed E-state index contributed by atoms with van der Waals surface area (Å²) in [6, 6.07) is 4.76. The highest BCUT2D eigenvalue weighted by Crippen LogP contribution is 2.32. The predicted octanol–water partition coefficient (Wildman–Crippen LogP) is 2.67. The third kappa shape index (κ3) is 2.26. The molecule has 1 atom stereocenters. The Kier molecular flexibility index (Phi) is 3.61. The maximum absolute atomic E-state index is 5.32. The number of piperidine rings is 1. The zero-order valence-corrected chi connectivity index (χ0v) is 12.4. The fraction of sp³-hybridized carbons (Fsp3) is 0.600. The molecule has 20 heavy (non-hydrogen) atoms. The van der Waals surface area contributed by atoms with Gasteiger partial charge >= 0.3 is 0 Å². The molecule has 0 amide bonds. The lowest BCUT2D eigenvalue weighted by Crippen LogP contribution is -2.39. The van der Waals surface area contributed by atoms with Gasteiger partial charge in [0.2, 0.25) is 0 Å². The summed E-state index contributed by atoms with van der Waals surface area (Å²) in [6.07, 6.45) is 5.66. The summed E-state index contributed by atoms with van der Waals surface area (Å²) in [5.74, 6) is 1.87. The molecule has 3 rings (SSSR count). The SMILES string of the molecule is COc1ccc2nnc(C3CCCCN3C(C)C)n2c1. The highest BCUT2D eigenvalue weighted by Gasteiger charge is 2.29. The normalized spacial score (nSPS) is 20.7. The molecular formula is C15H22N4O. The quantitative estimate of drug-likeness (QED) is 0.863. The standard InChI is InChI=1S/C15H22N4O/c1-11(2)18-9-5-4-6-13(18)15-17-16-14-8-7-12(20-3)10-19(14)15/h7-8,10-11,13H,4-6,9H2,1-3H3. The van der Waals surface area contributed by atoms with Crippen LogP contribution in [0.1, 0.15) is 45.0 Å². The molecule has 3 heterocycles. The van der Waals surface area contributed by atoms with Gasteiger partial charge in [-0.3, -0.25) is 9.30 Å². The average molecular weight is 274 g/mol. The van der Waals surface area contributed by atoms with Crippen LogP contribution in [0.4, 0.5) is 0 Å². The van der Waals surface area contributed by atoms with Crippen molar-refractivity contribution in [1.82, 2.24) is 19.5 Å². The van der Waals surface area contributed by atoms with Gasteiger partial charge in [-0.05, 0) is 45.4 Å². The molecule has 5 nitrogen and oxygen atoms in total. The van der Waals surface area contributed by atoms with Gasteiger partial charge in [0.05, 0.1) is 19.3 Å². The summed E-state index contributed by atoms with van der Waals surface area (Å²) >= 11 is 0. The summed E-state index contributed by atoms with van der Waals surface area (Å²) in [6.45, 7) is 5.64. The molecule has 0 N–H and O–H groups in total. The van der Waals surface area contributed by atoms with Crippen LogP contribution in [0.15, 0.2) is 18.3 Å². The number of ether oxygens (including phenoxy) is 1. The van der Waals surface area contributed by atoms with E-state index >= 15 is 0 Å². The van der Waals surface area contributed by atoms with Crippen molar-refractivity contribution >= 4 is 5.65 Å². The van der Waals surface area contributed by atoms with Gasteiger partial charge in [0.15, 0.2) is 11.5 Å². The second-order valence-corrected chi connectivity index (χ2v) is 5.70. The van der Waals surface area contributed by atoms with Gasteiger partial charge in [0.1, 0.15) is 5.75 Å². The van der Waals surface area contributed by atoms with Crippen LogP contribution in [0.2, 0.25) is 0 Å². The number of methoxy groups -OCH3 is 1. The van der Waals surface area contributed by atoms with Crippen molar-refractivity contribution in [3.63, 3.8) is 0 Å². The topological polar surface area (TPSA) is 42.7 Å². The Morgan fingerprint density at radius 3 is 2.85 bits per heavy atom. The second-order valence-electron chi connectivity index (χ2n) is 5.70. The smallest absolute Gasteiger partial charge is 0.161 e. The summed E-state index contributed by atoms with van der Waals surface area (Å²) in [5, 5.41) is 8.74. The van der Waals surface area contributed by atoms with Crippen LogP contribution >= 0.6 is 0 Å². The highest BCUT2D eigenvalue weighted by atomic mass is 16.5. The number of nitrogens with zero attached hydrogens (tertiary/aromatic N) is 4. The van der Waals surface area contributed by atoms with Crippen molar-refractivity contribution in [2.24, 2.45) is 0 Å². The van der Waals surface area contributed by atoms with Gasteiger partial charge in [-0.15, -0.1) is 10.2 Å². The molecule has 5 heteroatoms. The monoisotopic (exact) mass is 274 g/mol. The Morgan fingerprint density at radius 2 is 2.10 bits per heavy atom. The maximum atomic E-state index is 5.32. The fourth-order valence-corrected chi connectivity index (χ4v) is 3.09. The van der Waals surface area contributed by atoms with Gasteiger partial charge in [0.25, 0.3) is 0 Å². The molecule has 1 aliphatic rings. The Morgan fingerprint density at radius 1 is 1.25 bits per heavy atom. The van der Waals surface area contributed by atoms with Crippen LogP contribution < -0.4 is 4.74 Å². The van der Waals surface area contributed by atoms with Gasteiger partial charge in [-0.2, -0.15) is 0 Å². The first-order chi connectivity index (χ1) is 9.70. The fourth-order valence-electron chi connectivity index (χ4n) is 3.09. The minimum atomic E-state index is 0.353. The van der Waals surface area contributed by atoms with Crippen LogP contribution in [0.25, 0.3) is 5.65 Å². The minimum Gasteiger partial charge on any atom is -0.495 e. The molecule has 1 fully saturated rings. The van der Waals surface area contributed by atoms with Crippen LogP contribution in [0.3, 0.4) is 0 Å². The number of hydrogen-bond donors (Lipinski definition) is 0. The van der Waals surface area contributed by atoms with E-state index in [1.54, 1.807) is 7.11 Å². The van der Waals surface area contributed by atoms with Crippen molar-refractivity contribution < 1.29 is 4.74 Å². The zero-order valence-electron chi connectivity index (χ0n) is 12.4. The summed E-state index contributed by atoms with van der Waals surface area (Å²) < 4.78 is 7.39. The lowest BCUT2D eigenvalue weighted by Gasteiger charge is -2.37. The minimum absolute atomic E-state index is 0.353. The van der Waals surface area contributed by atoms with E-state index in [1.807, 2.05) is 18.3 Å². The Bertz CT molecular complexity index is 593. The second kappa shape index (κ2) is 5.40. The van der Waals surface area contributed by atoms with Crippen molar-refractivity contribution in [2.75, 3.05) is 13.7 Å². The van der Waals surface area contributed by atoms with E-state index in [2.05, 4.69) is 33.3 Å². The number of rotatable bonds is 3. The van der Waals surface area contributed by atoms with Crippen LogP contribution in [0.5, 0.6) is 5.75 Å². The Balaban J connectivity index is 2.03. The molecule has 108 valence electrons. The van der Waals surface area contributed by atoms with Gasteiger partial charge < -0.3 is 4.74 Å². The van der Waals surface area contributed by atoms with E-state index in [0.29, 0.717) is 12.1 Å². The molecule has 0 bridgehead atoms. The molecule has 0 spiro atoms. The average Bonchev–Trinajstić information content (AvgIpc) is 2.89. The largest absolute Gasteiger partial charge is 0.495 e. The lowest BCUT2D eigenvalue weighted by atomic mass is 10.00. The third-order valence-electron chi connectivity index (χ3n) is 4.14. The Hall–Kier alpha value is -1.62. The predicted molar refractivity (Wildman–Crippen MR) is 78.0 cm³/mol. The number of pyridine rings is 1. The van der Waals surface area contributed by atoms with Gasteiger partial charge in [-0.1, -0.05) is 6.42 Å². The van der Waals surface area contributed by atoms with Gasteiger partial charge in [0, 0.05) is 6.04 Å². The van der Waals surface area contributed by atoms with E-state index in [-0.39, 0.29) is 0 Å². The molecule has 0 saturated carbocycles. The van der Waals surface area contributed by atoms with Crippen LogP contribution in [-0.2, 0) is 0 Å². The molecule has 0 aliphatic carbocycles. The zero-order chi connectivity index (χ0) is 14.1. The van der Waals surface area contributed by atoms with E-state index in [1.165, 1.54) is 12.8 Å². The molecule has 1 aliphatic heterocycles.